The number of likely N-dealkylation sites (N-methyl/N-ethyl adjacent to an activating group) is 1. The van der Waals surface area contributed by atoms with Crippen molar-refractivity contribution >= 4 is 0 Å². The molecule has 0 saturated carbocycles. The molecule has 2 N–H and O–H groups in total. The van der Waals surface area contributed by atoms with Gasteiger partial charge in [-0.1, -0.05) is 45.0 Å². The monoisotopic (exact) mass is 260 g/mol. The van der Waals surface area contributed by atoms with Crippen LogP contribution in [0.4, 0.5) is 0 Å². The molecule has 1 aromatic rings. The van der Waals surface area contributed by atoms with E-state index < -0.39 is 0 Å². The number of fused-ring (bicyclic) bond motifs is 1. The lowest BCUT2D eigenvalue weighted by molar-refractivity contribution is 0.123. The quantitative estimate of drug-likeness (QED) is 0.894. The lowest BCUT2D eigenvalue weighted by Gasteiger charge is -2.43. The van der Waals surface area contributed by atoms with E-state index in [9.17, 15) is 0 Å². The van der Waals surface area contributed by atoms with E-state index in [0.717, 1.165) is 0 Å². The van der Waals surface area contributed by atoms with Crippen LogP contribution in [0.3, 0.4) is 0 Å². The first-order valence-electron chi connectivity index (χ1n) is 7.66. The molecular weight excluding hydrogens is 232 g/mol. The SMILES string of the molecule is CCC(CC)N(C)C1CC(C)c2ccccc2C1N. The molecular formula is C17H28N2. The Hall–Kier alpha value is -0.860. The summed E-state index contributed by atoms with van der Waals surface area (Å²) < 4.78 is 0. The zero-order valence-corrected chi connectivity index (χ0v) is 12.8. The van der Waals surface area contributed by atoms with Gasteiger partial charge in [-0.05, 0) is 43.4 Å². The summed E-state index contributed by atoms with van der Waals surface area (Å²) in [6.07, 6.45) is 3.57. The Labute approximate surface area is 118 Å². The van der Waals surface area contributed by atoms with E-state index in [4.69, 9.17) is 5.73 Å². The molecule has 2 nitrogen and oxygen atoms in total. The van der Waals surface area contributed by atoms with Gasteiger partial charge in [0, 0.05) is 18.1 Å². The largest absolute Gasteiger partial charge is 0.323 e. The minimum Gasteiger partial charge on any atom is -0.323 e. The normalized spacial score (nSPS) is 26.8. The number of nitrogens with zero attached hydrogens (tertiary/aromatic N) is 1. The van der Waals surface area contributed by atoms with Crippen molar-refractivity contribution in [1.29, 1.82) is 0 Å². The second kappa shape index (κ2) is 6.06. The summed E-state index contributed by atoms with van der Waals surface area (Å²) in [4.78, 5) is 2.52. The predicted octanol–water partition coefficient (Wildman–Crippen LogP) is 3.68. The van der Waals surface area contributed by atoms with Crippen molar-refractivity contribution < 1.29 is 0 Å². The first-order valence-corrected chi connectivity index (χ1v) is 7.66. The molecule has 0 fully saturated rings. The maximum Gasteiger partial charge on any atom is 0.0456 e. The van der Waals surface area contributed by atoms with Crippen molar-refractivity contribution in [2.45, 2.75) is 64.1 Å². The molecule has 19 heavy (non-hydrogen) atoms. The summed E-state index contributed by atoms with van der Waals surface area (Å²) in [6, 6.07) is 9.97. The van der Waals surface area contributed by atoms with Crippen LogP contribution in [0.25, 0.3) is 0 Å². The third kappa shape index (κ3) is 2.70. The van der Waals surface area contributed by atoms with E-state index in [1.165, 1.54) is 30.4 Å². The number of benzene rings is 1. The number of rotatable bonds is 4. The van der Waals surface area contributed by atoms with Crippen LogP contribution in [-0.2, 0) is 0 Å². The van der Waals surface area contributed by atoms with Gasteiger partial charge < -0.3 is 5.73 Å². The van der Waals surface area contributed by atoms with Gasteiger partial charge in [-0.25, -0.2) is 0 Å². The van der Waals surface area contributed by atoms with Crippen LogP contribution in [0, 0.1) is 0 Å². The van der Waals surface area contributed by atoms with Crippen molar-refractivity contribution in [2.75, 3.05) is 7.05 Å². The fourth-order valence-corrected chi connectivity index (χ4v) is 3.66. The number of hydrogen-bond acceptors (Lipinski definition) is 2. The Balaban J connectivity index is 2.26. The molecule has 2 heteroatoms. The van der Waals surface area contributed by atoms with E-state index in [-0.39, 0.29) is 6.04 Å². The Morgan fingerprint density at radius 2 is 1.79 bits per heavy atom. The van der Waals surface area contributed by atoms with Gasteiger partial charge in [0.05, 0.1) is 0 Å². The van der Waals surface area contributed by atoms with Gasteiger partial charge in [-0.2, -0.15) is 0 Å². The van der Waals surface area contributed by atoms with Gasteiger partial charge in [0.25, 0.3) is 0 Å². The van der Waals surface area contributed by atoms with Crippen molar-refractivity contribution in [3.05, 3.63) is 35.4 Å². The van der Waals surface area contributed by atoms with E-state index in [2.05, 4.69) is 57.0 Å². The van der Waals surface area contributed by atoms with Crippen molar-refractivity contribution in [3.63, 3.8) is 0 Å². The number of hydrogen-bond donors (Lipinski definition) is 1. The summed E-state index contributed by atoms with van der Waals surface area (Å²) in [7, 11) is 2.25. The van der Waals surface area contributed by atoms with Crippen LogP contribution < -0.4 is 5.73 Å². The third-order valence-electron chi connectivity index (χ3n) is 4.94. The van der Waals surface area contributed by atoms with Crippen molar-refractivity contribution in [2.24, 2.45) is 5.73 Å². The molecule has 3 atom stereocenters. The first kappa shape index (κ1) is 14.5. The minimum atomic E-state index is 0.151. The summed E-state index contributed by atoms with van der Waals surface area (Å²) in [6.45, 7) is 6.88. The average molecular weight is 260 g/mol. The molecule has 106 valence electrons. The smallest absolute Gasteiger partial charge is 0.0456 e. The van der Waals surface area contributed by atoms with Crippen LogP contribution in [0.15, 0.2) is 24.3 Å². The van der Waals surface area contributed by atoms with E-state index >= 15 is 0 Å². The molecule has 1 aliphatic carbocycles. The molecule has 3 unspecified atom stereocenters. The molecule has 0 radical (unpaired) electrons. The highest BCUT2D eigenvalue weighted by Crippen LogP contribution is 2.38. The van der Waals surface area contributed by atoms with Crippen molar-refractivity contribution in [3.8, 4) is 0 Å². The lowest BCUT2D eigenvalue weighted by atomic mass is 9.77. The topological polar surface area (TPSA) is 29.3 Å². The Morgan fingerprint density at radius 1 is 1.21 bits per heavy atom. The standard InChI is InChI=1S/C17H28N2/c1-5-13(6-2)19(4)16-11-12(3)14-9-7-8-10-15(14)17(16)18/h7-10,12-13,16-17H,5-6,11,18H2,1-4H3. The summed E-state index contributed by atoms with van der Waals surface area (Å²) in [5.41, 5.74) is 9.36. The second-order valence-electron chi connectivity index (χ2n) is 5.99. The zero-order valence-electron chi connectivity index (χ0n) is 12.8. The predicted molar refractivity (Wildman–Crippen MR) is 82.3 cm³/mol. The molecule has 0 aromatic heterocycles. The lowest BCUT2D eigenvalue weighted by Crippen LogP contribution is -2.48. The average Bonchev–Trinajstić information content (AvgIpc) is 2.44. The molecule has 0 aliphatic heterocycles. The van der Waals surface area contributed by atoms with E-state index in [1.54, 1.807) is 0 Å². The third-order valence-corrected chi connectivity index (χ3v) is 4.94. The van der Waals surface area contributed by atoms with Crippen LogP contribution in [0.5, 0.6) is 0 Å². The molecule has 0 amide bonds. The minimum absolute atomic E-state index is 0.151. The highest BCUT2D eigenvalue weighted by molar-refractivity contribution is 5.36. The van der Waals surface area contributed by atoms with E-state index in [0.29, 0.717) is 18.0 Å². The summed E-state index contributed by atoms with van der Waals surface area (Å²) in [5, 5.41) is 0. The second-order valence-corrected chi connectivity index (χ2v) is 5.99. The zero-order chi connectivity index (χ0) is 14.0. The maximum absolute atomic E-state index is 6.56. The molecule has 1 aliphatic rings. The summed E-state index contributed by atoms with van der Waals surface area (Å²) in [5.74, 6) is 0.609. The molecule has 0 spiro atoms. The highest BCUT2D eigenvalue weighted by Gasteiger charge is 2.34. The Bertz CT molecular complexity index is 411. The van der Waals surface area contributed by atoms with Gasteiger partial charge in [0.15, 0.2) is 0 Å². The van der Waals surface area contributed by atoms with Gasteiger partial charge >= 0.3 is 0 Å². The van der Waals surface area contributed by atoms with Crippen molar-refractivity contribution in [1.82, 2.24) is 4.90 Å². The maximum atomic E-state index is 6.56. The highest BCUT2D eigenvalue weighted by atomic mass is 15.2. The summed E-state index contributed by atoms with van der Waals surface area (Å²) >= 11 is 0. The molecule has 0 bridgehead atoms. The van der Waals surface area contributed by atoms with Gasteiger partial charge in [0.2, 0.25) is 0 Å². The Morgan fingerprint density at radius 3 is 2.37 bits per heavy atom. The van der Waals surface area contributed by atoms with Gasteiger partial charge in [0.1, 0.15) is 0 Å². The number of nitrogens with two attached hydrogens (primary N) is 1. The van der Waals surface area contributed by atoms with Crippen LogP contribution in [-0.4, -0.2) is 24.0 Å². The first-order chi connectivity index (χ1) is 9.10. The van der Waals surface area contributed by atoms with Crippen LogP contribution in [0.1, 0.15) is 63.1 Å². The molecule has 2 rings (SSSR count). The fourth-order valence-electron chi connectivity index (χ4n) is 3.66. The molecule has 0 saturated heterocycles. The fraction of sp³-hybridized carbons (Fsp3) is 0.647. The van der Waals surface area contributed by atoms with Gasteiger partial charge in [-0.15, -0.1) is 0 Å². The molecule has 1 aromatic carbocycles. The van der Waals surface area contributed by atoms with Crippen LogP contribution >= 0.6 is 0 Å². The Kier molecular flexibility index (Phi) is 4.64. The molecule has 0 heterocycles. The van der Waals surface area contributed by atoms with Gasteiger partial charge in [-0.3, -0.25) is 4.90 Å². The van der Waals surface area contributed by atoms with Crippen LogP contribution in [0.2, 0.25) is 0 Å². The van der Waals surface area contributed by atoms with E-state index in [1.807, 2.05) is 0 Å².